The number of amides is 2. The molecule has 0 saturated carbocycles. The van der Waals surface area contributed by atoms with Crippen molar-refractivity contribution < 1.29 is 9.59 Å². The predicted octanol–water partition coefficient (Wildman–Crippen LogP) is 1.02. The van der Waals surface area contributed by atoms with Crippen LogP contribution in [0.2, 0.25) is 0 Å². The quantitative estimate of drug-likeness (QED) is 0.817. The van der Waals surface area contributed by atoms with E-state index in [2.05, 4.69) is 15.4 Å². The molecule has 2 heterocycles. The fourth-order valence-electron chi connectivity index (χ4n) is 2.48. The molecule has 1 aliphatic rings. The van der Waals surface area contributed by atoms with Crippen molar-refractivity contribution in [2.75, 3.05) is 18.4 Å². The highest BCUT2D eigenvalue weighted by atomic mass is 35.5. The van der Waals surface area contributed by atoms with Crippen LogP contribution in [0.4, 0.5) is 5.95 Å². The van der Waals surface area contributed by atoms with Crippen LogP contribution in [0.3, 0.4) is 0 Å². The van der Waals surface area contributed by atoms with E-state index in [4.69, 9.17) is 5.73 Å². The molecule has 1 aromatic rings. The molecule has 0 spiro atoms. The van der Waals surface area contributed by atoms with Crippen molar-refractivity contribution in [1.29, 1.82) is 0 Å². The second kappa shape index (κ2) is 9.58. The molecule has 9 heteroatoms. The first kappa shape index (κ1) is 20.4. The molecule has 8 nitrogen and oxygen atoms in total. The van der Waals surface area contributed by atoms with Crippen molar-refractivity contribution >= 4 is 30.2 Å². The Labute approximate surface area is 148 Å². The van der Waals surface area contributed by atoms with Gasteiger partial charge in [-0.2, -0.15) is 0 Å². The summed E-state index contributed by atoms with van der Waals surface area (Å²) in [5.74, 6) is -0.0818. The van der Waals surface area contributed by atoms with Crippen LogP contribution in [-0.2, 0) is 16.1 Å². The van der Waals surface area contributed by atoms with Crippen molar-refractivity contribution in [3.05, 3.63) is 6.33 Å². The molecule has 1 aliphatic heterocycles. The normalized spacial score (nSPS) is 16.2. The fraction of sp³-hybridized carbons (Fsp3) is 0.733. The number of nitrogens with one attached hydrogen (secondary N) is 1. The largest absolute Gasteiger partial charge is 0.341 e. The maximum Gasteiger partial charge on any atom is 0.248 e. The summed E-state index contributed by atoms with van der Waals surface area (Å²) in [6.45, 7) is 5.49. The molecule has 1 atom stereocenters. The minimum absolute atomic E-state index is 0. The lowest BCUT2D eigenvalue weighted by molar-refractivity contribution is -0.132. The molecule has 3 N–H and O–H groups in total. The van der Waals surface area contributed by atoms with Crippen molar-refractivity contribution in [2.45, 2.75) is 52.1 Å². The van der Waals surface area contributed by atoms with Crippen LogP contribution in [0, 0.1) is 5.92 Å². The number of carbonyl (C=O) groups excluding carboxylic acids is 2. The number of aromatic nitrogens is 3. The van der Waals surface area contributed by atoms with Gasteiger partial charge in [0.15, 0.2) is 0 Å². The topological polar surface area (TPSA) is 106 Å². The summed E-state index contributed by atoms with van der Waals surface area (Å²) in [5, 5.41) is 6.70. The lowest BCUT2D eigenvalue weighted by Gasteiger charge is -2.19. The Morgan fingerprint density at radius 2 is 1.88 bits per heavy atom. The fourth-order valence-corrected chi connectivity index (χ4v) is 2.48. The Morgan fingerprint density at radius 3 is 2.46 bits per heavy atom. The van der Waals surface area contributed by atoms with E-state index < -0.39 is 6.04 Å². The maximum atomic E-state index is 12.3. The Morgan fingerprint density at radius 1 is 1.25 bits per heavy atom. The SMILES string of the molecule is CC(C)[C@H](N)C(=O)Nc1ncn(CC(=O)N2CCCCCC2)n1.Cl. The van der Waals surface area contributed by atoms with Crippen LogP contribution < -0.4 is 11.1 Å². The molecular weight excluding hydrogens is 332 g/mol. The van der Waals surface area contributed by atoms with Gasteiger partial charge in [0.05, 0.1) is 6.04 Å². The first-order valence-corrected chi connectivity index (χ1v) is 8.21. The minimum atomic E-state index is -0.610. The lowest BCUT2D eigenvalue weighted by atomic mass is 10.1. The van der Waals surface area contributed by atoms with Gasteiger partial charge in [-0.3, -0.25) is 14.9 Å². The maximum absolute atomic E-state index is 12.3. The van der Waals surface area contributed by atoms with Crippen LogP contribution in [0.25, 0.3) is 0 Å². The number of rotatable bonds is 5. The Hall–Kier alpha value is -1.67. The van der Waals surface area contributed by atoms with Crippen molar-refractivity contribution in [3.8, 4) is 0 Å². The van der Waals surface area contributed by atoms with E-state index in [9.17, 15) is 9.59 Å². The third kappa shape index (κ3) is 5.76. The number of halogens is 1. The Kier molecular flexibility index (Phi) is 8.14. The summed E-state index contributed by atoms with van der Waals surface area (Å²) in [6.07, 6.45) is 5.92. The van der Waals surface area contributed by atoms with Gasteiger partial charge in [-0.05, 0) is 18.8 Å². The summed E-state index contributed by atoms with van der Waals surface area (Å²) >= 11 is 0. The summed E-state index contributed by atoms with van der Waals surface area (Å²) < 4.78 is 1.45. The number of hydrogen-bond acceptors (Lipinski definition) is 5. The number of carbonyl (C=O) groups is 2. The number of likely N-dealkylation sites (tertiary alicyclic amines) is 1. The van der Waals surface area contributed by atoms with Gasteiger partial charge in [-0.15, -0.1) is 17.5 Å². The molecular formula is C15H27ClN6O2. The molecule has 0 aliphatic carbocycles. The Bertz CT molecular complexity index is 540. The van der Waals surface area contributed by atoms with Crippen LogP contribution in [-0.4, -0.2) is 50.6 Å². The number of nitrogens with two attached hydrogens (primary N) is 1. The third-order valence-electron chi connectivity index (χ3n) is 4.05. The van der Waals surface area contributed by atoms with Crippen molar-refractivity contribution in [1.82, 2.24) is 19.7 Å². The Balaban J connectivity index is 0.00000288. The molecule has 0 radical (unpaired) electrons. The second-order valence-electron chi connectivity index (χ2n) is 6.32. The first-order valence-electron chi connectivity index (χ1n) is 8.21. The average molecular weight is 359 g/mol. The lowest BCUT2D eigenvalue weighted by Crippen LogP contribution is -2.40. The highest BCUT2D eigenvalue weighted by molar-refractivity contribution is 5.93. The monoisotopic (exact) mass is 358 g/mol. The van der Waals surface area contributed by atoms with E-state index in [1.165, 1.54) is 23.9 Å². The molecule has 136 valence electrons. The molecule has 2 amide bonds. The third-order valence-corrected chi connectivity index (χ3v) is 4.05. The highest BCUT2D eigenvalue weighted by Crippen LogP contribution is 2.10. The van der Waals surface area contributed by atoms with E-state index in [-0.39, 0.29) is 42.6 Å². The zero-order chi connectivity index (χ0) is 16.8. The second-order valence-corrected chi connectivity index (χ2v) is 6.32. The molecule has 1 fully saturated rings. The van der Waals surface area contributed by atoms with Gasteiger partial charge in [0, 0.05) is 13.1 Å². The first-order chi connectivity index (χ1) is 11.0. The molecule has 1 aromatic heterocycles. The van der Waals surface area contributed by atoms with E-state index in [1.807, 2.05) is 18.7 Å². The van der Waals surface area contributed by atoms with E-state index >= 15 is 0 Å². The molecule has 0 unspecified atom stereocenters. The average Bonchev–Trinajstić information content (AvgIpc) is 2.77. The van der Waals surface area contributed by atoms with E-state index in [0.717, 1.165) is 25.9 Å². The highest BCUT2D eigenvalue weighted by Gasteiger charge is 2.20. The van der Waals surface area contributed by atoms with Crippen LogP contribution in [0.15, 0.2) is 6.33 Å². The molecule has 1 saturated heterocycles. The van der Waals surface area contributed by atoms with Crippen LogP contribution in [0.5, 0.6) is 0 Å². The van der Waals surface area contributed by atoms with Crippen LogP contribution >= 0.6 is 12.4 Å². The van der Waals surface area contributed by atoms with Gasteiger partial charge in [0.25, 0.3) is 0 Å². The number of nitrogens with zero attached hydrogens (tertiary/aromatic N) is 4. The standard InChI is InChI=1S/C15H26N6O2.ClH/c1-11(2)13(16)14(23)18-15-17-10-21(19-15)9-12(22)20-7-5-3-4-6-8-20;/h10-11,13H,3-9,16H2,1-2H3,(H,18,19,23);1H/t13-;/m0./s1. The summed E-state index contributed by atoms with van der Waals surface area (Å²) in [5.41, 5.74) is 5.77. The van der Waals surface area contributed by atoms with E-state index in [1.54, 1.807) is 0 Å². The minimum Gasteiger partial charge on any atom is -0.341 e. The van der Waals surface area contributed by atoms with Crippen molar-refractivity contribution in [2.24, 2.45) is 11.7 Å². The summed E-state index contributed by atoms with van der Waals surface area (Å²) in [4.78, 5) is 30.0. The molecule has 24 heavy (non-hydrogen) atoms. The number of hydrogen-bond donors (Lipinski definition) is 2. The molecule has 2 rings (SSSR count). The molecule has 0 aromatic carbocycles. The van der Waals surface area contributed by atoms with Gasteiger partial charge < -0.3 is 10.6 Å². The predicted molar refractivity (Wildman–Crippen MR) is 93.8 cm³/mol. The zero-order valence-electron chi connectivity index (χ0n) is 14.3. The summed E-state index contributed by atoms with van der Waals surface area (Å²) in [7, 11) is 0. The van der Waals surface area contributed by atoms with Gasteiger partial charge in [-0.25, -0.2) is 9.67 Å². The van der Waals surface area contributed by atoms with Gasteiger partial charge in [-0.1, -0.05) is 26.7 Å². The van der Waals surface area contributed by atoms with Crippen molar-refractivity contribution in [3.63, 3.8) is 0 Å². The smallest absolute Gasteiger partial charge is 0.248 e. The zero-order valence-corrected chi connectivity index (χ0v) is 15.1. The van der Waals surface area contributed by atoms with Gasteiger partial charge >= 0.3 is 0 Å². The summed E-state index contributed by atoms with van der Waals surface area (Å²) in [6, 6.07) is -0.610. The van der Waals surface area contributed by atoms with E-state index in [0.29, 0.717) is 0 Å². The van der Waals surface area contributed by atoms with Gasteiger partial charge in [0.1, 0.15) is 12.9 Å². The van der Waals surface area contributed by atoms with Gasteiger partial charge in [0.2, 0.25) is 17.8 Å². The van der Waals surface area contributed by atoms with Crippen LogP contribution in [0.1, 0.15) is 39.5 Å². The molecule has 0 bridgehead atoms. The number of anilines is 1.